The molecule has 0 fully saturated rings. The van der Waals surface area contributed by atoms with Crippen molar-refractivity contribution in [2.75, 3.05) is 18.4 Å². The molecule has 3 amide bonds. The minimum atomic E-state index is -0.451. The van der Waals surface area contributed by atoms with E-state index in [-0.39, 0.29) is 12.5 Å². The minimum Gasteiger partial charge on any atom is -0.376 e. The minimum absolute atomic E-state index is 0.0683. The van der Waals surface area contributed by atoms with Crippen LogP contribution in [0.1, 0.15) is 39.2 Å². The van der Waals surface area contributed by atoms with Crippen LogP contribution in [0.4, 0.5) is 10.5 Å². The summed E-state index contributed by atoms with van der Waals surface area (Å²) in [7, 11) is 0. The van der Waals surface area contributed by atoms with E-state index in [2.05, 4.69) is 29.8 Å². The number of benzene rings is 1. The van der Waals surface area contributed by atoms with Gasteiger partial charge in [0.25, 0.3) is 0 Å². The second-order valence-electron chi connectivity index (χ2n) is 5.75. The summed E-state index contributed by atoms with van der Waals surface area (Å²) in [4.78, 5) is 23.2. The van der Waals surface area contributed by atoms with Crippen molar-refractivity contribution in [1.29, 1.82) is 0 Å². The summed E-state index contributed by atoms with van der Waals surface area (Å²) in [5.41, 5.74) is 2.07. The fraction of sp³-hybridized carbons (Fsp3) is 0.500. The number of imide groups is 1. The highest BCUT2D eigenvalue weighted by Crippen LogP contribution is 2.23. The van der Waals surface area contributed by atoms with Crippen molar-refractivity contribution in [2.45, 2.75) is 33.6 Å². The van der Waals surface area contributed by atoms with E-state index in [0.717, 1.165) is 11.3 Å². The van der Waals surface area contributed by atoms with E-state index in [4.69, 9.17) is 0 Å². The van der Waals surface area contributed by atoms with Crippen molar-refractivity contribution in [3.05, 3.63) is 29.8 Å². The average molecular weight is 291 g/mol. The number of carbonyl (C=O) groups excluding carboxylic acids is 2. The third-order valence-electron chi connectivity index (χ3n) is 2.95. The predicted molar refractivity (Wildman–Crippen MR) is 85.4 cm³/mol. The lowest BCUT2D eigenvalue weighted by molar-refractivity contribution is -0.118. The molecule has 0 aliphatic rings. The number of rotatable bonds is 6. The van der Waals surface area contributed by atoms with Crippen LogP contribution in [0.3, 0.4) is 0 Å². The molecule has 3 N–H and O–H groups in total. The maximum absolute atomic E-state index is 11.7. The first-order valence-corrected chi connectivity index (χ1v) is 7.30. The fourth-order valence-electron chi connectivity index (χ4n) is 1.85. The molecule has 0 bridgehead atoms. The molecule has 1 rings (SSSR count). The number of carbonyl (C=O) groups is 2. The second kappa shape index (κ2) is 8.29. The van der Waals surface area contributed by atoms with E-state index in [1.54, 1.807) is 0 Å². The summed E-state index contributed by atoms with van der Waals surface area (Å²) in [5, 5.41) is 8.02. The Bertz CT molecular complexity index is 484. The highest BCUT2D eigenvalue weighted by atomic mass is 16.2. The first-order valence-electron chi connectivity index (χ1n) is 7.30. The van der Waals surface area contributed by atoms with Crippen molar-refractivity contribution < 1.29 is 9.59 Å². The predicted octanol–water partition coefficient (Wildman–Crippen LogP) is 2.70. The molecule has 5 heteroatoms. The third kappa shape index (κ3) is 6.29. The van der Waals surface area contributed by atoms with Crippen molar-refractivity contribution in [2.24, 2.45) is 5.92 Å². The quantitative estimate of drug-likeness (QED) is 0.754. The first kappa shape index (κ1) is 17.0. The van der Waals surface area contributed by atoms with E-state index >= 15 is 0 Å². The van der Waals surface area contributed by atoms with Gasteiger partial charge in [-0.25, -0.2) is 4.79 Å². The highest BCUT2D eigenvalue weighted by Gasteiger charge is 2.10. The fourth-order valence-corrected chi connectivity index (χ4v) is 1.85. The zero-order valence-corrected chi connectivity index (χ0v) is 13.2. The maximum Gasteiger partial charge on any atom is 0.321 e. The van der Waals surface area contributed by atoms with Gasteiger partial charge in [0.1, 0.15) is 0 Å². The van der Waals surface area contributed by atoms with Gasteiger partial charge in [0.2, 0.25) is 5.91 Å². The normalized spacial score (nSPS) is 10.6. The molecule has 0 saturated heterocycles. The Kier molecular flexibility index (Phi) is 6.72. The summed E-state index contributed by atoms with van der Waals surface area (Å²) in [5.74, 6) is 0.364. The van der Waals surface area contributed by atoms with Gasteiger partial charge >= 0.3 is 6.03 Å². The Morgan fingerprint density at radius 1 is 1.10 bits per heavy atom. The van der Waals surface area contributed by atoms with Crippen LogP contribution in [0.25, 0.3) is 0 Å². The van der Waals surface area contributed by atoms with E-state index in [1.165, 1.54) is 0 Å². The SMILES string of the molecule is CC(C)CNC(=O)NC(=O)CNc1ccccc1C(C)C. The number of hydrogen-bond donors (Lipinski definition) is 3. The summed E-state index contributed by atoms with van der Waals surface area (Å²) < 4.78 is 0. The zero-order valence-electron chi connectivity index (χ0n) is 13.2. The number of urea groups is 1. The van der Waals surface area contributed by atoms with Crippen LogP contribution in [0.15, 0.2) is 24.3 Å². The lowest BCUT2D eigenvalue weighted by atomic mass is 10.0. The van der Waals surface area contributed by atoms with Crippen molar-refractivity contribution >= 4 is 17.6 Å². The standard InChI is InChI=1S/C16H25N3O2/c1-11(2)9-18-16(21)19-15(20)10-17-14-8-6-5-7-13(14)12(3)4/h5-8,11-12,17H,9-10H2,1-4H3,(H2,18,19,20,21). The molecule has 0 saturated carbocycles. The Balaban J connectivity index is 2.45. The average Bonchev–Trinajstić information content (AvgIpc) is 2.43. The topological polar surface area (TPSA) is 70.2 Å². The number of amides is 3. The lowest BCUT2D eigenvalue weighted by Gasteiger charge is -2.14. The van der Waals surface area contributed by atoms with Crippen LogP contribution in [0.5, 0.6) is 0 Å². The van der Waals surface area contributed by atoms with E-state index < -0.39 is 6.03 Å². The van der Waals surface area contributed by atoms with Gasteiger partial charge in [0.15, 0.2) is 0 Å². The molecule has 0 unspecified atom stereocenters. The number of nitrogens with one attached hydrogen (secondary N) is 3. The maximum atomic E-state index is 11.7. The summed E-state index contributed by atoms with van der Waals surface area (Å²) in [6.45, 7) is 8.79. The molecule has 116 valence electrons. The number of para-hydroxylation sites is 1. The highest BCUT2D eigenvalue weighted by molar-refractivity contribution is 5.96. The molecule has 5 nitrogen and oxygen atoms in total. The molecule has 1 aromatic carbocycles. The van der Waals surface area contributed by atoms with Gasteiger partial charge in [-0.05, 0) is 23.5 Å². The molecule has 0 aliphatic carbocycles. The van der Waals surface area contributed by atoms with Crippen LogP contribution in [0.2, 0.25) is 0 Å². The van der Waals surface area contributed by atoms with E-state index in [9.17, 15) is 9.59 Å². The molecule has 0 aliphatic heterocycles. The summed E-state index contributed by atoms with van der Waals surface area (Å²) >= 11 is 0. The van der Waals surface area contributed by atoms with Gasteiger partial charge < -0.3 is 10.6 Å². The molecule has 0 radical (unpaired) electrons. The smallest absolute Gasteiger partial charge is 0.321 e. The molecule has 0 atom stereocenters. The molecular formula is C16H25N3O2. The van der Waals surface area contributed by atoms with Crippen molar-refractivity contribution in [1.82, 2.24) is 10.6 Å². The zero-order chi connectivity index (χ0) is 15.8. The number of hydrogen-bond acceptors (Lipinski definition) is 3. The Morgan fingerprint density at radius 2 is 1.76 bits per heavy atom. The lowest BCUT2D eigenvalue weighted by Crippen LogP contribution is -2.43. The van der Waals surface area contributed by atoms with E-state index in [1.807, 2.05) is 38.1 Å². The summed E-state index contributed by atoms with van der Waals surface area (Å²) in [6, 6.07) is 7.40. The van der Waals surface area contributed by atoms with Gasteiger partial charge in [-0.3, -0.25) is 10.1 Å². The summed E-state index contributed by atoms with van der Waals surface area (Å²) in [6.07, 6.45) is 0. The largest absolute Gasteiger partial charge is 0.376 e. The monoisotopic (exact) mass is 291 g/mol. The molecule has 21 heavy (non-hydrogen) atoms. The van der Waals surface area contributed by atoms with E-state index in [0.29, 0.717) is 18.4 Å². The van der Waals surface area contributed by atoms with Crippen LogP contribution in [-0.2, 0) is 4.79 Å². The first-order chi connectivity index (χ1) is 9.90. The second-order valence-corrected chi connectivity index (χ2v) is 5.75. The Hall–Kier alpha value is -2.04. The number of anilines is 1. The molecule has 1 aromatic rings. The molecular weight excluding hydrogens is 266 g/mol. The van der Waals surface area contributed by atoms with Crippen LogP contribution < -0.4 is 16.0 Å². The van der Waals surface area contributed by atoms with Crippen LogP contribution in [0, 0.1) is 5.92 Å². The molecule has 0 spiro atoms. The van der Waals surface area contributed by atoms with Crippen molar-refractivity contribution in [3.63, 3.8) is 0 Å². The van der Waals surface area contributed by atoms with Gasteiger partial charge in [0, 0.05) is 12.2 Å². The van der Waals surface area contributed by atoms with Gasteiger partial charge in [-0.2, -0.15) is 0 Å². The van der Waals surface area contributed by atoms with Crippen molar-refractivity contribution in [3.8, 4) is 0 Å². The van der Waals surface area contributed by atoms with Gasteiger partial charge in [0.05, 0.1) is 6.54 Å². The third-order valence-corrected chi connectivity index (χ3v) is 2.95. The van der Waals surface area contributed by atoms with Crippen LogP contribution in [-0.4, -0.2) is 25.0 Å². The molecule has 0 aromatic heterocycles. The van der Waals surface area contributed by atoms with Gasteiger partial charge in [-0.15, -0.1) is 0 Å². The molecule has 0 heterocycles. The van der Waals surface area contributed by atoms with Crippen LogP contribution >= 0.6 is 0 Å². The van der Waals surface area contributed by atoms with Gasteiger partial charge in [-0.1, -0.05) is 45.9 Å². The Morgan fingerprint density at radius 3 is 2.38 bits per heavy atom. The Labute approximate surface area is 126 Å².